The van der Waals surface area contributed by atoms with E-state index < -0.39 is 0 Å². The van der Waals surface area contributed by atoms with E-state index in [0.717, 1.165) is 27.9 Å². The van der Waals surface area contributed by atoms with Gasteiger partial charge >= 0.3 is 0 Å². The molecule has 1 heterocycles. The summed E-state index contributed by atoms with van der Waals surface area (Å²) in [6.07, 6.45) is 0. The molecule has 0 spiro atoms. The fourth-order valence-electron chi connectivity index (χ4n) is 2.90. The summed E-state index contributed by atoms with van der Waals surface area (Å²) in [7, 11) is 0. The number of aliphatic imine (C=N–C) groups is 2. The van der Waals surface area contributed by atoms with Crippen LogP contribution in [0.3, 0.4) is 0 Å². The van der Waals surface area contributed by atoms with E-state index in [1.807, 2.05) is 82.3 Å². The normalized spacial score (nSPS) is 11.9. The van der Waals surface area contributed by atoms with E-state index in [0.29, 0.717) is 17.4 Å². The van der Waals surface area contributed by atoms with Crippen LogP contribution in [0.1, 0.15) is 38.8 Å². The van der Waals surface area contributed by atoms with Gasteiger partial charge in [0.15, 0.2) is 5.76 Å². The first-order valence-electron chi connectivity index (χ1n) is 9.68. The highest BCUT2D eigenvalue weighted by atomic mass is 35.5. The molecule has 4 N–H and O–H groups in total. The second-order valence-corrected chi connectivity index (χ2v) is 7.45. The van der Waals surface area contributed by atoms with Gasteiger partial charge in [-0.2, -0.15) is 0 Å². The van der Waals surface area contributed by atoms with Gasteiger partial charge in [-0.05, 0) is 33.8 Å². The summed E-state index contributed by atoms with van der Waals surface area (Å²) in [5, 5.41) is 4.21. The van der Waals surface area contributed by atoms with Crippen molar-refractivity contribution in [2.24, 2.45) is 21.5 Å². The quantitative estimate of drug-likeness (QED) is 0.394. The Morgan fingerprint density at radius 2 is 1.35 bits per heavy atom. The number of amidine groups is 2. The zero-order valence-corrected chi connectivity index (χ0v) is 19.7. The molecule has 31 heavy (non-hydrogen) atoms. The number of aromatic nitrogens is 1. The number of halogens is 2. The van der Waals surface area contributed by atoms with Crippen LogP contribution in [0.25, 0.3) is 22.6 Å². The Morgan fingerprint density at radius 1 is 0.774 bits per heavy atom. The Labute approximate surface area is 195 Å². The standard InChI is InChI=1S/C23H27N5O.2ClH/c1-14(2)26-22(24)17-10-8-16(9-11-17)20-13-21(29-28-20)18-6-5-7-19(12-18)23(25)27-15(3)4;;/h5-15H,1-4H3,(H2,24,26)(H2,25,27);2*1H. The Morgan fingerprint density at radius 3 is 1.94 bits per heavy atom. The first-order valence-corrected chi connectivity index (χ1v) is 9.68. The molecule has 0 bridgehead atoms. The Bertz CT molecular complexity index is 1040. The van der Waals surface area contributed by atoms with E-state index in [9.17, 15) is 0 Å². The number of rotatable bonds is 6. The van der Waals surface area contributed by atoms with E-state index in [4.69, 9.17) is 16.0 Å². The summed E-state index contributed by atoms with van der Waals surface area (Å²) in [5.74, 6) is 1.71. The molecule has 0 saturated carbocycles. The minimum absolute atomic E-state index is 0. The fraction of sp³-hybridized carbons (Fsp3) is 0.261. The average molecular weight is 462 g/mol. The van der Waals surface area contributed by atoms with Crippen molar-refractivity contribution in [3.05, 3.63) is 65.7 Å². The van der Waals surface area contributed by atoms with E-state index in [-0.39, 0.29) is 36.9 Å². The maximum Gasteiger partial charge on any atom is 0.167 e. The molecule has 3 aromatic rings. The van der Waals surface area contributed by atoms with E-state index in [2.05, 4.69) is 15.1 Å². The topological polar surface area (TPSA) is 103 Å². The minimum Gasteiger partial charge on any atom is -0.383 e. The maximum absolute atomic E-state index is 6.09. The summed E-state index contributed by atoms with van der Waals surface area (Å²) in [6, 6.07) is 17.8. The second-order valence-electron chi connectivity index (χ2n) is 7.45. The van der Waals surface area contributed by atoms with E-state index >= 15 is 0 Å². The van der Waals surface area contributed by atoms with Crippen molar-refractivity contribution in [3.8, 4) is 22.6 Å². The third-order valence-corrected chi connectivity index (χ3v) is 4.22. The summed E-state index contributed by atoms with van der Waals surface area (Å²) >= 11 is 0. The van der Waals surface area contributed by atoms with Crippen LogP contribution in [0.15, 0.2) is 69.1 Å². The molecular formula is C23H29Cl2N5O. The molecule has 3 rings (SSSR count). The van der Waals surface area contributed by atoms with Crippen LogP contribution in [-0.4, -0.2) is 28.9 Å². The summed E-state index contributed by atoms with van der Waals surface area (Å²) in [6.45, 7) is 7.98. The number of nitrogens with two attached hydrogens (primary N) is 2. The lowest BCUT2D eigenvalue weighted by molar-refractivity contribution is 0.435. The van der Waals surface area contributed by atoms with Crippen LogP contribution in [0.4, 0.5) is 0 Å². The van der Waals surface area contributed by atoms with Gasteiger partial charge in [0.2, 0.25) is 0 Å². The molecule has 166 valence electrons. The molecular weight excluding hydrogens is 433 g/mol. The predicted octanol–water partition coefficient (Wildman–Crippen LogP) is 5.08. The van der Waals surface area contributed by atoms with Crippen molar-refractivity contribution in [2.45, 2.75) is 39.8 Å². The highest BCUT2D eigenvalue weighted by molar-refractivity contribution is 5.99. The van der Waals surface area contributed by atoms with E-state index in [1.54, 1.807) is 0 Å². The lowest BCUT2D eigenvalue weighted by Crippen LogP contribution is -2.15. The molecule has 0 saturated heterocycles. The van der Waals surface area contributed by atoms with Crippen LogP contribution in [0.5, 0.6) is 0 Å². The molecule has 8 heteroatoms. The van der Waals surface area contributed by atoms with Gasteiger partial charge in [-0.25, -0.2) is 0 Å². The van der Waals surface area contributed by atoms with Crippen LogP contribution >= 0.6 is 24.8 Å². The number of nitrogens with zero attached hydrogens (tertiary/aromatic N) is 3. The SMILES string of the molecule is CC(C)N=C(N)c1ccc(-c2cc(-c3cccc(C(N)=NC(C)C)c3)on2)cc1.Cl.Cl. The lowest BCUT2D eigenvalue weighted by Gasteiger charge is -2.05. The molecule has 0 aliphatic carbocycles. The Kier molecular flexibility index (Phi) is 9.75. The van der Waals surface area contributed by atoms with Gasteiger partial charge in [0.1, 0.15) is 17.4 Å². The Balaban J connectivity index is 0.00000240. The van der Waals surface area contributed by atoms with Gasteiger partial charge in [-0.1, -0.05) is 47.6 Å². The molecule has 0 atom stereocenters. The molecule has 0 unspecified atom stereocenters. The fourth-order valence-corrected chi connectivity index (χ4v) is 2.90. The van der Waals surface area contributed by atoms with Crippen LogP contribution in [0.2, 0.25) is 0 Å². The smallest absolute Gasteiger partial charge is 0.167 e. The molecule has 0 aliphatic heterocycles. The monoisotopic (exact) mass is 461 g/mol. The average Bonchev–Trinajstić information content (AvgIpc) is 3.17. The summed E-state index contributed by atoms with van der Waals surface area (Å²) < 4.78 is 5.57. The van der Waals surface area contributed by atoms with Crippen molar-refractivity contribution in [3.63, 3.8) is 0 Å². The number of hydrogen-bond donors (Lipinski definition) is 2. The lowest BCUT2D eigenvalue weighted by atomic mass is 10.1. The number of benzene rings is 2. The molecule has 1 aromatic heterocycles. The van der Waals surface area contributed by atoms with Gasteiger partial charge in [0, 0.05) is 40.4 Å². The third-order valence-electron chi connectivity index (χ3n) is 4.22. The van der Waals surface area contributed by atoms with Crippen molar-refractivity contribution >= 4 is 36.5 Å². The predicted molar refractivity (Wildman–Crippen MR) is 134 cm³/mol. The van der Waals surface area contributed by atoms with Crippen LogP contribution in [-0.2, 0) is 0 Å². The second kappa shape index (κ2) is 11.5. The summed E-state index contributed by atoms with van der Waals surface area (Å²) in [4.78, 5) is 8.78. The molecule has 0 amide bonds. The summed E-state index contributed by atoms with van der Waals surface area (Å²) in [5.41, 5.74) is 16.5. The van der Waals surface area contributed by atoms with Gasteiger partial charge < -0.3 is 16.0 Å². The molecule has 0 aliphatic rings. The van der Waals surface area contributed by atoms with Crippen molar-refractivity contribution in [2.75, 3.05) is 0 Å². The van der Waals surface area contributed by atoms with Crippen molar-refractivity contribution in [1.82, 2.24) is 5.16 Å². The van der Waals surface area contributed by atoms with Gasteiger partial charge in [0.05, 0.1) is 0 Å². The maximum atomic E-state index is 6.09. The molecule has 2 aromatic carbocycles. The van der Waals surface area contributed by atoms with Gasteiger partial charge in [-0.3, -0.25) is 9.98 Å². The Hall–Kier alpha value is -2.83. The molecule has 0 radical (unpaired) electrons. The minimum atomic E-state index is 0. The van der Waals surface area contributed by atoms with Gasteiger partial charge in [-0.15, -0.1) is 24.8 Å². The van der Waals surface area contributed by atoms with Crippen molar-refractivity contribution in [1.29, 1.82) is 0 Å². The largest absolute Gasteiger partial charge is 0.383 e. The molecule has 0 fully saturated rings. The number of hydrogen-bond acceptors (Lipinski definition) is 4. The van der Waals surface area contributed by atoms with Gasteiger partial charge in [0.25, 0.3) is 0 Å². The van der Waals surface area contributed by atoms with Crippen molar-refractivity contribution < 1.29 is 4.52 Å². The van der Waals surface area contributed by atoms with E-state index in [1.165, 1.54) is 0 Å². The first kappa shape index (κ1) is 26.2. The highest BCUT2D eigenvalue weighted by Crippen LogP contribution is 2.27. The van der Waals surface area contributed by atoms with Crippen LogP contribution < -0.4 is 11.5 Å². The van der Waals surface area contributed by atoms with Crippen LogP contribution in [0, 0.1) is 0 Å². The first-order chi connectivity index (χ1) is 13.8. The highest BCUT2D eigenvalue weighted by Gasteiger charge is 2.11. The zero-order valence-electron chi connectivity index (χ0n) is 18.1. The zero-order chi connectivity index (χ0) is 21.0. The molecule has 6 nitrogen and oxygen atoms in total. The third kappa shape index (κ3) is 6.84.